The van der Waals surface area contributed by atoms with Crippen molar-refractivity contribution in [1.82, 2.24) is 19.7 Å². The molecule has 2 aliphatic rings. The van der Waals surface area contributed by atoms with Gasteiger partial charge in [0.25, 0.3) is 0 Å². The summed E-state index contributed by atoms with van der Waals surface area (Å²) in [5.41, 5.74) is 1.34. The Morgan fingerprint density at radius 2 is 1.80 bits per heavy atom. The smallest absolute Gasteiger partial charge is 0.233 e. The third-order valence-electron chi connectivity index (χ3n) is 6.38. The van der Waals surface area contributed by atoms with E-state index in [1.165, 1.54) is 30.0 Å². The monoisotopic (exact) mass is 499 g/mol. The van der Waals surface area contributed by atoms with Gasteiger partial charge in [-0.05, 0) is 49.2 Å². The number of nitrogens with zero attached hydrogens (tertiary/aromatic N) is 5. The number of anilines is 1. The Bertz CT molecular complexity index is 1160. The van der Waals surface area contributed by atoms with Crippen LogP contribution in [-0.4, -0.2) is 70.2 Å². The number of ether oxygens (including phenoxy) is 1. The first kappa shape index (κ1) is 23.7. The number of thioether (sulfide) groups is 1. The van der Waals surface area contributed by atoms with E-state index in [1.54, 1.807) is 24.3 Å². The minimum atomic E-state index is -0.311. The number of benzene rings is 2. The number of hydrogen-bond acceptors (Lipinski definition) is 6. The number of para-hydroxylation sites is 1. The Morgan fingerprint density at radius 3 is 2.51 bits per heavy atom. The molecule has 35 heavy (non-hydrogen) atoms. The Kier molecular flexibility index (Phi) is 7.29. The zero-order valence-corrected chi connectivity index (χ0v) is 20.1. The highest BCUT2D eigenvalue weighted by molar-refractivity contribution is 7.99. The first-order valence-corrected chi connectivity index (χ1v) is 12.8. The first-order chi connectivity index (χ1) is 17.1. The largest absolute Gasteiger partial charge is 0.376 e. The van der Waals surface area contributed by atoms with Crippen LogP contribution in [0.5, 0.6) is 0 Å². The lowest BCUT2D eigenvalue weighted by Gasteiger charge is -2.36. The minimum Gasteiger partial charge on any atom is -0.376 e. The molecule has 184 valence electrons. The summed E-state index contributed by atoms with van der Waals surface area (Å²) in [6, 6.07) is 12.9. The van der Waals surface area contributed by atoms with Crippen LogP contribution in [0.15, 0.2) is 53.7 Å². The number of hydrogen-bond donors (Lipinski definition) is 0. The fraction of sp³-hybridized carbons (Fsp3) is 0.400. The van der Waals surface area contributed by atoms with E-state index in [2.05, 4.69) is 10.2 Å². The molecule has 10 heteroatoms. The van der Waals surface area contributed by atoms with E-state index in [9.17, 15) is 13.6 Å². The molecule has 3 aromatic rings. The summed E-state index contributed by atoms with van der Waals surface area (Å²) >= 11 is 1.35. The van der Waals surface area contributed by atoms with E-state index in [-0.39, 0.29) is 29.4 Å². The number of aromatic nitrogens is 3. The first-order valence-electron chi connectivity index (χ1n) is 11.8. The second-order valence-electron chi connectivity index (χ2n) is 8.67. The van der Waals surface area contributed by atoms with E-state index < -0.39 is 0 Å². The second kappa shape index (κ2) is 10.7. The van der Waals surface area contributed by atoms with Crippen LogP contribution in [0.4, 0.5) is 14.5 Å². The third-order valence-corrected chi connectivity index (χ3v) is 7.33. The fourth-order valence-corrected chi connectivity index (χ4v) is 5.34. The lowest BCUT2D eigenvalue weighted by molar-refractivity contribution is -0.128. The molecule has 0 saturated carbocycles. The van der Waals surface area contributed by atoms with Crippen molar-refractivity contribution in [2.75, 3.05) is 43.4 Å². The summed E-state index contributed by atoms with van der Waals surface area (Å²) in [4.78, 5) is 16.7. The number of amides is 1. The van der Waals surface area contributed by atoms with E-state index in [0.717, 1.165) is 25.0 Å². The summed E-state index contributed by atoms with van der Waals surface area (Å²) in [6.07, 6.45) is 2.03. The summed E-state index contributed by atoms with van der Waals surface area (Å²) in [7, 11) is 0. The lowest BCUT2D eigenvalue weighted by Crippen LogP contribution is -2.49. The van der Waals surface area contributed by atoms with Crippen molar-refractivity contribution in [2.45, 2.75) is 30.6 Å². The van der Waals surface area contributed by atoms with Crippen LogP contribution in [-0.2, 0) is 16.1 Å². The highest BCUT2D eigenvalue weighted by Crippen LogP contribution is 2.27. The molecule has 3 heterocycles. The molecule has 0 bridgehead atoms. The molecule has 2 aromatic carbocycles. The molecular weight excluding hydrogens is 472 g/mol. The fourth-order valence-electron chi connectivity index (χ4n) is 4.49. The van der Waals surface area contributed by atoms with Gasteiger partial charge in [-0.2, -0.15) is 0 Å². The Labute approximate surface area is 207 Å². The van der Waals surface area contributed by atoms with Gasteiger partial charge in [0.2, 0.25) is 5.91 Å². The standard InChI is InChI=1S/C25H27F2N5O2S/c26-19-9-7-18(8-10-19)24-28-29-25(32(24)16-20-4-3-15-34-20)35-17-23(33)31-13-11-30(12-14-31)22-6-2-1-5-21(22)27/h1-2,5-10,20H,3-4,11-17H2/t20-/m0/s1. The molecule has 0 radical (unpaired) electrons. The number of piperazine rings is 1. The summed E-state index contributed by atoms with van der Waals surface area (Å²) in [5, 5.41) is 9.33. The summed E-state index contributed by atoms with van der Waals surface area (Å²) in [5.74, 6) is 0.319. The predicted molar refractivity (Wildman–Crippen MR) is 130 cm³/mol. The molecule has 1 atom stereocenters. The molecule has 7 nitrogen and oxygen atoms in total. The van der Waals surface area contributed by atoms with Crippen LogP contribution >= 0.6 is 11.8 Å². The van der Waals surface area contributed by atoms with Crippen molar-refractivity contribution in [3.05, 3.63) is 60.2 Å². The lowest BCUT2D eigenvalue weighted by atomic mass is 10.2. The number of carbonyl (C=O) groups is 1. The molecule has 0 aliphatic carbocycles. The highest BCUT2D eigenvalue weighted by Gasteiger charge is 2.25. The van der Waals surface area contributed by atoms with E-state index in [4.69, 9.17) is 4.74 Å². The van der Waals surface area contributed by atoms with Gasteiger partial charge in [0.05, 0.1) is 24.1 Å². The molecule has 0 unspecified atom stereocenters. The molecule has 1 aromatic heterocycles. The van der Waals surface area contributed by atoms with Crippen molar-refractivity contribution in [1.29, 1.82) is 0 Å². The van der Waals surface area contributed by atoms with Crippen molar-refractivity contribution >= 4 is 23.4 Å². The van der Waals surface area contributed by atoms with Crippen LogP contribution < -0.4 is 4.90 Å². The van der Waals surface area contributed by atoms with Gasteiger partial charge >= 0.3 is 0 Å². The molecule has 1 amide bonds. The van der Waals surface area contributed by atoms with Crippen molar-refractivity contribution in [3.8, 4) is 11.4 Å². The van der Waals surface area contributed by atoms with Crippen molar-refractivity contribution in [2.24, 2.45) is 0 Å². The van der Waals surface area contributed by atoms with Crippen LogP contribution in [0.3, 0.4) is 0 Å². The summed E-state index contributed by atoms with van der Waals surface area (Å²) < 4.78 is 35.3. The molecule has 0 N–H and O–H groups in total. The average Bonchev–Trinajstić information content (AvgIpc) is 3.54. The molecule has 2 saturated heterocycles. The van der Waals surface area contributed by atoms with Gasteiger partial charge in [0.1, 0.15) is 11.6 Å². The predicted octanol–water partition coefficient (Wildman–Crippen LogP) is 3.84. The number of rotatable bonds is 7. The van der Waals surface area contributed by atoms with Gasteiger partial charge in [-0.25, -0.2) is 8.78 Å². The van der Waals surface area contributed by atoms with Crippen LogP contribution in [0.2, 0.25) is 0 Å². The maximum absolute atomic E-state index is 14.1. The maximum atomic E-state index is 14.1. The summed E-state index contributed by atoms with van der Waals surface area (Å²) in [6.45, 7) is 3.56. The Hall–Kier alpha value is -2.98. The maximum Gasteiger partial charge on any atom is 0.233 e. The second-order valence-corrected chi connectivity index (χ2v) is 9.61. The number of carbonyl (C=O) groups excluding carboxylic acids is 1. The zero-order chi connectivity index (χ0) is 24.2. The Balaban J connectivity index is 1.24. The quantitative estimate of drug-likeness (QED) is 0.461. The zero-order valence-electron chi connectivity index (χ0n) is 19.3. The molecular formula is C25H27F2N5O2S. The number of halogens is 2. The average molecular weight is 500 g/mol. The van der Waals surface area contributed by atoms with Gasteiger partial charge in [-0.1, -0.05) is 23.9 Å². The topological polar surface area (TPSA) is 63.5 Å². The van der Waals surface area contributed by atoms with E-state index >= 15 is 0 Å². The highest BCUT2D eigenvalue weighted by atomic mass is 32.2. The van der Waals surface area contributed by atoms with Crippen LogP contribution in [0, 0.1) is 11.6 Å². The SMILES string of the molecule is O=C(CSc1nnc(-c2ccc(F)cc2)n1C[C@@H]1CCCO1)N1CCN(c2ccccc2F)CC1. The minimum absolute atomic E-state index is 0.0122. The molecule has 5 rings (SSSR count). The molecule has 2 aliphatic heterocycles. The van der Waals surface area contributed by atoms with Crippen LogP contribution in [0.25, 0.3) is 11.4 Å². The van der Waals surface area contributed by atoms with Gasteiger partial charge in [0, 0.05) is 38.3 Å². The van der Waals surface area contributed by atoms with Gasteiger partial charge < -0.3 is 14.5 Å². The van der Waals surface area contributed by atoms with E-state index in [0.29, 0.717) is 49.4 Å². The van der Waals surface area contributed by atoms with Crippen LogP contribution in [0.1, 0.15) is 12.8 Å². The van der Waals surface area contributed by atoms with Gasteiger partial charge in [-0.15, -0.1) is 10.2 Å². The normalized spacial score (nSPS) is 18.3. The molecule has 0 spiro atoms. The van der Waals surface area contributed by atoms with Gasteiger partial charge in [0.15, 0.2) is 11.0 Å². The van der Waals surface area contributed by atoms with Crippen molar-refractivity contribution in [3.63, 3.8) is 0 Å². The Morgan fingerprint density at radius 1 is 1.03 bits per heavy atom. The molecule has 2 fully saturated rings. The van der Waals surface area contributed by atoms with Gasteiger partial charge in [-0.3, -0.25) is 9.36 Å². The van der Waals surface area contributed by atoms with E-state index in [1.807, 2.05) is 20.4 Å². The third kappa shape index (κ3) is 5.48. The van der Waals surface area contributed by atoms with Crippen molar-refractivity contribution < 1.29 is 18.3 Å².